The van der Waals surface area contributed by atoms with E-state index in [1.54, 1.807) is 94.1 Å². The first-order valence-corrected chi connectivity index (χ1v) is 35.7. The second-order valence-electron chi connectivity index (χ2n) is 26.3. The van der Waals surface area contributed by atoms with E-state index in [4.69, 9.17) is 21.9 Å². The molecule has 0 fully saturated rings. The Balaban J connectivity index is 1.62. The Morgan fingerprint density at radius 1 is 0.529 bits per heavy atom. The van der Waals surface area contributed by atoms with Gasteiger partial charge in [-0.1, -0.05) is 81.4 Å². The van der Waals surface area contributed by atoms with Gasteiger partial charge in [0.05, 0.1) is 31.3 Å². The summed E-state index contributed by atoms with van der Waals surface area (Å²) in [5.41, 5.74) is 17.0. The molecule has 0 radical (unpaired) electrons. The fraction of sp³-hybridized carbons (Fsp3) is 0.485. The molecule has 0 aliphatic carbocycles. The molecule has 0 aliphatic rings. The quantitative estimate of drug-likeness (QED) is 0.0152. The molecular formula is C68H95N15O19S2. The number of hydrogen-bond donors (Lipinski definition) is 18. The number of para-hydroxylation sites is 1. The number of ether oxygens (including phenoxy) is 1. The number of hydrogen-bond acceptors (Lipinski definition) is 20. The molecule has 104 heavy (non-hydrogen) atoms. The maximum atomic E-state index is 14.7. The topological polar surface area (TPSA) is 556 Å². The number of amides is 11. The Hall–Kier alpha value is -10.5. The third-order valence-corrected chi connectivity index (χ3v) is 17.0. The van der Waals surface area contributed by atoms with Crippen LogP contribution in [0.2, 0.25) is 0 Å². The van der Waals surface area contributed by atoms with Crippen molar-refractivity contribution in [2.24, 2.45) is 33.5 Å². The van der Waals surface area contributed by atoms with Crippen molar-refractivity contribution in [2.75, 3.05) is 37.1 Å². The van der Waals surface area contributed by atoms with E-state index in [2.05, 4.69) is 63.1 Å². The zero-order chi connectivity index (χ0) is 77.6. The predicted molar refractivity (Wildman–Crippen MR) is 386 cm³/mol. The van der Waals surface area contributed by atoms with Crippen LogP contribution in [0.5, 0.6) is 5.75 Å². The van der Waals surface area contributed by atoms with Crippen molar-refractivity contribution in [3.63, 3.8) is 0 Å². The summed E-state index contributed by atoms with van der Waals surface area (Å²) < 4.78 is 5.22. The monoisotopic (exact) mass is 1490 g/mol. The molecule has 34 nitrogen and oxygen atoms in total. The number of carbonyl (C=O) groups excluding carboxylic acids is 11. The van der Waals surface area contributed by atoms with Gasteiger partial charge in [-0.05, 0) is 111 Å². The highest BCUT2D eigenvalue weighted by molar-refractivity contribution is 7.98. The number of aromatic nitrogens is 1. The highest BCUT2D eigenvalue weighted by Gasteiger charge is 2.42. The maximum Gasteiger partial charge on any atom is 0.414 e. The number of carbonyl (C=O) groups is 14. The zero-order valence-corrected chi connectivity index (χ0v) is 60.6. The third-order valence-electron chi connectivity index (χ3n) is 15.7. The van der Waals surface area contributed by atoms with Crippen molar-refractivity contribution < 1.29 is 92.3 Å². The number of fused-ring (bicyclic) bond motifs is 1. The molecule has 36 heteroatoms. The van der Waals surface area contributed by atoms with Crippen molar-refractivity contribution in [3.05, 3.63) is 102 Å². The van der Waals surface area contributed by atoms with Crippen molar-refractivity contribution >= 4 is 123 Å². The van der Waals surface area contributed by atoms with E-state index in [9.17, 15) is 87.5 Å². The molecule has 4 rings (SSSR count). The highest BCUT2D eigenvalue weighted by Crippen LogP contribution is 2.29. The zero-order valence-electron chi connectivity index (χ0n) is 59.0. The first-order chi connectivity index (χ1) is 48.9. The molecule has 0 saturated heterocycles. The van der Waals surface area contributed by atoms with Gasteiger partial charge in [0.1, 0.15) is 59.7 Å². The molecule has 0 spiro atoms. The Morgan fingerprint density at radius 2 is 0.971 bits per heavy atom. The number of carboxylic acids is 3. The lowest BCUT2D eigenvalue weighted by Crippen LogP contribution is -2.60. The number of thioether (sulfide) groups is 2. The van der Waals surface area contributed by atoms with Crippen LogP contribution < -0.4 is 70.4 Å². The first-order valence-electron chi connectivity index (χ1n) is 33.0. The molecule has 0 aliphatic heterocycles. The van der Waals surface area contributed by atoms with Gasteiger partial charge in [-0.25, -0.2) is 4.79 Å². The Kier molecular flexibility index (Phi) is 34.3. The molecule has 10 atom stereocenters. The largest absolute Gasteiger partial charge is 0.508 e. The van der Waals surface area contributed by atoms with Crippen molar-refractivity contribution in [1.29, 1.82) is 0 Å². The lowest BCUT2D eigenvalue weighted by Gasteiger charge is -2.32. The van der Waals surface area contributed by atoms with E-state index in [1.165, 1.54) is 68.6 Å². The van der Waals surface area contributed by atoms with Crippen LogP contribution in [0.25, 0.3) is 10.9 Å². The number of alkyl carbamates (subject to hydrolysis) is 1. The summed E-state index contributed by atoms with van der Waals surface area (Å²) in [6, 6.07) is 5.78. The van der Waals surface area contributed by atoms with E-state index in [0.717, 1.165) is 0 Å². The summed E-state index contributed by atoms with van der Waals surface area (Å²) >= 11 is 2.53. The second kappa shape index (κ2) is 41.6. The molecule has 1 unspecified atom stereocenters. The summed E-state index contributed by atoms with van der Waals surface area (Å²) in [6.07, 6.45) is 0.486. The summed E-state index contributed by atoms with van der Waals surface area (Å²) in [7, 11) is 0. The smallest absolute Gasteiger partial charge is 0.414 e. The fourth-order valence-corrected chi connectivity index (χ4v) is 11.5. The van der Waals surface area contributed by atoms with E-state index in [1.807, 2.05) is 0 Å². The Labute approximate surface area is 608 Å². The third kappa shape index (κ3) is 29.8. The Bertz CT molecular complexity index is 3690. The number of nitrogens with zero attached hydrogens (tertiary/aromatic N) is 1. The number of rotatable bonds is 41. The summed E-state index contributed by atoms with van der Waals surface area (Å²) in [4.78, 5) is 198. The molecule has 3 aromatic carbocycles. The van der Waals surface area contributed by atoms with Gasteiger partial charge in [-0.3, -0.25) is 72.6 Å². The average Bonchev–Trinajstić information content (AvgIpc) is 1.43. The lowest BCUT2D eigenvalue weighted by atomic mass is 9.76. The van der Waals surface area contributed by atoms with Gasteiger partial charge >= 0.3 is 24.0 Å². The molecule has 21 N–H and O–H groups in total. The SMILES string of the molecule is CSCC[C@H](NC(=O)[C@H](Cc1ccc(O)cc1)NC(=O)[C@H](CC(=O)O)NC(=O)[C@H](CCCN=C(N)N)NC(=O)[C@@H](N)C(C(=O)O)C(C)(C)C)C(=O)NCC(=O)N[C@@H](Cc1c[nH]c2ccccc12)C(=O)N[C@@H](CCSC)C(=O)N[C@@H](CC(=O)O)C(=O)N[C@@H](Cc1ccccc1)C(=O)NC(=O)OC(C)(C)C. The number of aromatic amines is 1. The number of nitrogens with one attached hydrogen (secondary N) is 11. The van der Waals surface area contributed by atoms with Gasteiger partial charge in [0.15, 0.2) is 5.96 Å². The van der Waals surface area contributed by atoms with E-state index in [-0.39, 0.29) is 74.7 Å². The number of imide groups is 1. The van der Waals surface area contributed by atoms with Crippen molar-refractivity contribution in [1.82, 2.24) is 58.2 Å². The highest BCUT2D eigenvalue weighted by atomic mass is 32.2. The van der Waals surface area contributed by atoms with Crippen LogP contribution >= 0.6 is 23.5 Å². The lowest BCUT2D eigenvalue weighted by molar-refractivity contribution is -0.149. The number of carboxylic acid groups (broad SMARTS) is 3. The number of nitrogens with two attached hydrogens (primary N) is 3. The standard InChI is InChI=1S/C68H95N15O19S2/c1-67(2,3)53(64(99)100)54(69)63(98)78-42(19-14-26-72-65(70)71)56(91)81-48(32-51(86)87)60(95)79-45(30-37-20-22-39(84)23-21-37)58(93)76-43(24-27-103-7)55(90)74-35-50(85)75-47(31-38-34-73-41-18-13-12-17-40(38)41)59(94)77-44(25-28-104-8)57(92)82-49(33-52(88)89)61(96)80-46(29-36-15-10-9-11-16-36)62(97)83-66(101)102-68(4,5)6/h9-13,15-18,20-23,34,42-49,53-54,73,84H,14,19,24-33,35,69H2,1-8H3,(H,74,90)(H,75,85)(H,76,93)(H,77,94)(H,78,98)(H,79,95)(H,80,96)(H,81,91)(H,82,92)(H,86,87)(H,88,89)(H,99,100)(H4,70,71,72)(H,83,97,101)/t42-,43-,44-,45-,46-,47-,48-,49-,53?,54-/m0/s1. The van der Waals surface area contributed by atoms with Gasteiger partial charge in [0.25, 0.3) is 5.91 Å². The van der Waals surface area contributed by atoms with E-state index in [0.29, 0.717) is 27.6 Å². The van der Waals surface area contributed by atoms with Crippen LogP contribution in [0.3, 0.4) is 0 Å². The predicted octanol–water partition coefficient (Wildman–Crippen LogP) is -0.469. The Morgan fingerprint density at radius 3 is 1.47 bits per heavy atom. The van der Waals surface area contributed by atoms with Crippen LogP contribution in [-0.2, 0) is 86.3 Å². The molecule has 1 aromatic heterocycles. The summed E-state index contributed by atoms with van der Waals surface area (Å²) in [6.45, 7) is 8.38. The molecule has 1 heterocycles. The molecule has 0 bridgehead atoms. The number of phenols is 1. The summed E-state index contributed by atoms with van der Waals surface area (Å²) in [5, 5.41) is 65.0. The average molecular weight is 1490 g/mol. The van der Waals surface area contributed by atoms with Crippen LogP contribution in [0.4, 0.5) is 4.79 Å². The van der Waals surface area contributed by atoms with Gasteiger partial charge < -0.3 is 95.2 Å². The number of guanidine groups is 1. The molecule has 4 aromatic rings. The number of phenolic OH excluding ortho intramolecular Hbond substituents is 1. The van der Waals surface area contributed by atoms with E-state index >= 15 is 0 Å². The van der Waals surface area contributed by atoms with Crippen LogP contribution in [0.1, 0.15) is 96.8 Å². The van der Waals surface area contributed by atoms with Crippen LogP contribution in [0, 0.1) is 11.3 Å². The minimum Gasteiger partial charge on any atom is -0.508 e. The van der Waals surface area contributed by atoms with Gasteiger partial charge in [-0.2, -0.15) is 23.5 Å². The number of aliphatic carboxylic acids is 3. The molecule has 0 saturated carbocycles. The minimum atomic E-state index is -1.98. The van der Waals surface area contributed by atoms with Crippen LogP contribution in [0.15, 0.2) is 90.1 Å². The molecular weight excluding hydrogens is 1390 g/mol. The molecule has 568 valence electrons. The number of benzene rings is 3. The number of aromatic hydroxyl groups is 1. The first kappa shape index (κ1) is 85.9. The normalized spacial score (nSPS) is 14.2. The van der Waals surface area contributed by atoms with Gasteiger partial charge in [0, 0.05) is 42.9 Å². The van der Waals surface area contributed by atoms with Crippen molar-refractivity contribution in [3.8, 4) is 5.75 Å². The van der Waals surface area contributed by atoms with Gasteiger partial charge in [-0.15, -0.1) is 0 Å². The van der Waals surface area contributed by atoms with Crippen LogP contribution in [-0.4, -0.2) is 212 Å². The second-order valence-corrected chi connectivity index (χ2v) is 28.3. The number of aliphatic imine (C=N–C) groups is 1. The molecule has 11 amide bonds. The van der Waals surface area contributed by atoms with E-state index < -0.39 is 174 Å². The maximum absolute atomic E-state index is 14.7. The number of H-pyrrole nitrogens is 1. The van der Waals surface area contributed by atoms with Crippen molar-refractivity contribution in [2.45, 2.75) is 159 Å². The summed E-state index contributed by atoms with van der Waals surface area (Å²) in [5.74, 6) is -16.6. The minimum absolute atomic E-state index is 0.00984. The van der Waals surface area contributed by atoms with Gasteiger partial charge in [0.2, 0.25) is 53.2 Å². The fourth-order valence-electron chi connectivity index (χ4n) is 10.6.